The lowest BCUT2D eigenvalue weighted by Crippen LogP contribution is -2.21. The van der Waals surface area contributed by atoms with Gasteiger partial charge in [-0.25, -0.2) is 14.3 Å². The van der Waals surface area contributed by atoms with Crippen LogP contribution >= 0.6 is 0 Å². The summed E-state index contributed by atoms with van der Waals surface area (Å²) < 4.78 is 3.63. The lowest BCUT2D eigenvalue weighted by atomic mass is 10.5. The summed E-state index contributed by atoms with van der Waals surface area (Å²) in [6, 6.07) is 1.98. The topological polar surface area (TPSA) is 52.7 Å². The summed E-state index contributed by atoms with van der Waals surface area (Å²) >= 11 is 0. The van der Waals surface area contributed by atoms with Crippen molar-refractivity contribution in [1.82, 2.24) is 19.3 Å². The Morgan fingerprint density at radius 3 is 2.81 bits per heavy atom. The van der Waals surface area contributed by atoms with Gasteiger partial charge in [-0.05, 0) is 19.8 Å². The number of aryl methyl sites for hydroxylation is 1. The van der Waals surface area contributed by atoms with Gasteiger partial charge in [0.25, 0.3) is 5.56 Å². The monoisotopic (exact) mass is 216 g/mol. The molecule has 0 spiro atoms. The van der Waals surface area contributed by atoms with Crippen molar-refractivity contribution in [3.05, 3.63) is 40.7 Å². The predicted octanol–water partition coefficient (Wildman–Crippen LogP) is 1.07. The Kier molecular flexibility index (Phi) is 1.92. The van der Waals surface area contributed by atoms with Crippen LogP contribution in [0.3, 0.4) is 0 Å². The van der Waals surface area contributed by atoms with E-state index in [1.807, 2.05) is 11.6 Å². The zero-order valence-corrected chi connectivity index (χ0v) is 9.00. The molecule has 1 aliphatic rings. The highest BCUT2D eigenvalue weighted by Gasteiger charge is 2.28. The highest BCUT2D eigenvalue weighted by atomic mass is 16.1. The first-order valence-corrected chi connectivity index (χ1v) is 5.35. The molecule has 0 radical (unpaired) electrons. The summed E-state index contributed by atoms with van der Waals surface area (Å²) in [5, 5.41) is 0. The molecule has 0 saturated heterocycles. The smallest absolute Gasteiger partial charge is 0.267 e. The molecule has 0 unspecified atom stereocenters. The van der Waals surface area contributed by atoms with Crippen molar-refractivity contribution in [2.24, 2.45) is 0 Å². The molecule has 3 rings (SSSR count). The van der Waals surface area contributed by atoms with E-state index in [0.29, 0.717) is 11.9 Å². The van der Waals surface area contributed by atoms with Gasteiger partial charge in [-0.2, -0.15) is 0 Å². The lowest BCUT2D eigenvalue weighted by Gasteiger charge is -2.11. The Labute approximate surface area is 92.4 Å². The molecule has 0 atom stereocenters. The van der Waals surface area contributed by atoms with E-state index in [4.69, 9.17) is 0 Å². The quantitative estimate of drug-likeness (QED) is 0.754. The van der Waals surface area contributed by atoms with Crippen molar-refractivity contribution in [1.29, 1.82) is 0 Å². The Morgan fingerprint density at radius 1 is 1.38 bits per heavy atom. The average molecular weight is 216 g/mol. The molecule has 16 heavy (non-hydrogen) atoms. The van der Waals surface area contributed by atoms with Crippen molar-refractivity contribution in [3.63, 3.8) is 0 Å². The molecule has 1 aliphatic carbocycles. The third-order valence-electron chi connectivity index (χ3n) is 2.77. The molecular weight excluding hydrogens is 204 g/mol. The highest BCUT2D eigenvalue weighted by Crippen LogP contribution is 2.34. The summed E-state index contributed by atoms with van der Waals surface area (Å²) in [6.07, 6.45) is 7.08. The number of hydrogen-bond acceptors (Lipinski definition) is 3. The second-order valence-electron chi connectivity index (χ2n) is 4.08. The van der Waals surface area contributed by atoms with E-state index in [2.05, 4.69) is 9.97 Å². The second kappa shape index (κ2) is 3.30. The number of aromatic nitrogens is 4. The largest absolute Gasteiger partial charge is 0.268 e. The number of rotatable bonds is 2. The molecule has 5 heteroatoms. The molecule has 0 aliphatic heterocycles. The zero-order chi connectivity index (χ0) is 11.1. The van der Waals surface area contributed by atoms with Crippen LogP contribution in [-0.2, 0) is 0 Å². The van der Waals surface area contributed by atoms with Gasteiger partial charge in [0.1, 0.15) is 0 Å². The fourth-order valence-corrected chi connectivity index (χ4v) is 1.93. The van der Waals surface area contributed by atoms with Gasteiger partial charge in [0.05, 0.1) is 12.2 Å². The van der Waals surface area contributed by atoms with E-state index >= 15 is 0 Å². The molecule has 0 N–H and O–H groups in total. The maximum atomic E-state index is 11.8. The van der Waals surface area contributed by atoms with Gasteiger partial charge in [0, 0.05) is 24.2 Å². The Morgan fingerprint density at radius 2 is 2.19 bits per heavy atom. The van der Waals surface area contributed by atoms with Gasteiger partial charge in [-0.3, -0.25) is 9.78 Å². The molecule has 2 aromatic heterocycles. The van der Waals surface area contributed by atoms with Crippen molar-refractivity contribution >= 4 is 0 Å². The van der Waals surface area contributed by atoms with Crippen molar-refractivity contribution in [3.8, 4) is 5.82 Å². The molecular formula is C11H12N4O. The van der Waals surface area contributed by atoms with Crippen molar-refractivity contribution < 1.29 is 0 Å². The van der Waals surface area contributed by atoms with Crippen LogP contribution in [0.4, 0.5) is 0 Å². The van der Waals surface area contributed by atoms with E-state index in [1.165, 1.54) is 0 Å². The third kappa shape index (κ3) is 1.36. The number of nitrogens with zero attached hydrogens (tertiary/aromatic N) is 4. The Hall–Kier alpha value is -1.91. The molecule has 1 fully saturated rings. The van der Waals surface area contributed by atoms with Gasteiger partial charge in [0.2, 0.25) is 0 Å². The Bertz CT molecular complexity index is 565. The summed E-state index contributed by atoms with van der Waals surface area (Å²) in [5.74, 6) is 0.703. The highest BCUT2D eigenvalue weighted by molar-refractivity contribution is 5.21. The van der Waals surface area contributed by atoms with E-state index in [-0.39, 0.29) is 5.56 Å². The Balaban J connectivity index is 2.23. The van der Waals surface area contributed by atoms with Crippen LogP contribution in [0.1, 0.15) is 24.6 Å². The van der Waals surface area contributed by atoms with Gasteiger partial charge >= 0.3 is 0 Å². The first-order chi connectivity index (χ1) is 7.77. The van der Waals surface area contributed by atoms with E-state index in [9.17, 15) is 4.79 Å². The first kappa shape index (κ1) is 9.33. The minimum Gasteiger partial charge on any atom is -0.268 e. The molecule has 0 amide bonds. The van der Waals surface area contributed by atoms with Gasteiger partial charge < -0.3 is 0 Å². The van der Waals surface area contributed by atoms with Gasteiger partial charge in [-0.1, -0.05) is 0 Å². The van der Waals surface area contributed by atoms with Crippen molar-refractivity contribution in [2.45, 2.75) is 25.8 Å². The summed E-state index contributed by atoms with van der Waals surface area (Å²) in [4.78, 5) is 20.1. The zero-order valence-electron chi connectivity index (χ0n) is 9.00. The van der Waals surface area contributed by atoms with Crippen LogP contribution < -0.4 is 5.56 Å². The lowest BCUT2D eigenvalue weighted by molar-refractivity contribution is 0.536. The molecule has 0 bridgehead atoms. The minimum absolute atomic E-state index is 0.0469. The van der Waals surface area contributed by atoms with Gasteiger partial charge in [0.15, 0.2) is 5.82 Å². The van der Waals surface area contributed by atoms with Crippen LogP contribution in [0.5, 0.6) is 0 Å². The number of hydrogen-bond donors (Lipinski definition) is 0. The molecule has 2 aromatic rings. The summed E-state index contributed by atoms with van der Waals surface area (Å²) in [7, 11) is 0. The van der Waals surface area contributed by atoms with Crippen LogP contribution in [0, 0.1) is 6.92 Å². The van der Waals surface area contributed by atoms with E-state index in [1.54, 1.807) is 29.3 Å². The second-order valence-corrected chi connectivity index (χ2v) is 4.08. The standard InChI is InChI=1S/C11H12N4O/c1-8-6-11(16)15(9-2-3-9)14(8)10-7-12-4-5-13-10/h4-7,9H,2-3H2,1H3. The van der Waals surface area contributed by atoms with Gasteiger partial charge in [-0.15, -0.1) is 0 Å². The van der Waals surface area contributed by atoms with Crippen molar-refractivity contribution in [2.75, 3.05) is 0 Å². The third-order valence-corrected chi connectivity index (χ3v) is 2.77. The predicted molar refractivity (Wildman–Crippen MR) is 58.6 cm³/mol. The van der Waals surface area contributed by atoms with Crippen LogP contribution in [0.15, 0.2) is 29.5 Å². The molecule has 0 aromatic carbocycles. The minimum atomic E-state index is 0.0469. The van der Waals surface area contributed by atoms with Crippen LogP contribution in [0.2, 0.25) is 0 Å². The van der Waals surface area contributed by atoms with Crippen LogP contribution in [0.25, 0.3) is 5.82 Å². The summed E-state index contributed by atoms with van der Waals surface area (Å²) in [6.45, 7) is 1.91. The molecule has 82 valence electrons. The summed E-state index contributed by atoms with van der Waals surface area (Å²) in [5.41, 5.74) is 0.947. The van der Waals surface area contributed by atoms with E-state index < -0.39 is 0 Å². The average Bonchev–Trinajstić information content (AvgIpc) is 3.06. The SMILES string of the molecule is Cc1cc(=O)n(C2CC2)n1-c1cnccn1. The van der Waals surface area contributed by atoms with E-state index in [0.717, 1.165) is 18.5 Å². The molecule has 5 nitrogen and oxygen atoms in total. The molecule has 2 heterocycles. The molecule has 1 saturated carbocycles. The van der Waals surface area contributed by atoms with Crippen LogP contribution in [-0.4, -0.2) is 19.3 Å². The first-order valence-electron chi connectivity index (χ1n) is 5.35. The fourth-order valence-electron chi connectivity index (χ4n) is 1.93. The maximum absolute atomic E-state index is 11.8. The fraction of sp³-hybridized carbons (Fsp3) is 0.364. The normalized spacial score (nSPS) is 15.3. The maximum Gasteiger partial charge on any atom is 0.267 e.